The van der Waals surface area contributed by atoms with Crippen LogP contribution < -0.4 is 10.6 Å². The third-order valence-electron chi connectivity index (χ3n) is 11.6. The minimum atomic E-state index is -2.63. The first kappa shape index (κ1) is 49.1. The molecule has 0 unspecified atom stereocenters. The molecule has 23 nitrogen and oxygen atoms in total. The summed E-state index contributed by atoms with van der Waals surface area (Å²) >= 11 is 1.11. The lowest BCUT2D eigenvalue weighted by Gasteiger charge is -2.55. The number of ether oxygens (including phenoxy) is 4. The molecule has 4 heterocycles. The lowest BCUT2D eigenvalue weighted by atomic mass is 9.77. The van der Waals surface area contributed by atoms with Crippen molar-refractivity contribution in [3.8, 4) is 0 Å². The molecule has 6 rings (SSSR count). The highest BCUT2D eigenvalue weighted by molar-refractivity contribution is 8.00. The standard InChI is InChI=1S/C37H52N2O21S2/c40-9-19-23(44)25(46)27(48)29(59-19)34(53)13-57-21(11-42)36(55,31(34)50)61-17-5-1-15(2-6-17)38-33(52)39-16-3-7-18(8-4-16)62-37(56)22(12-43)58-14-35(54,32(37)51)30-28(49)26(47)24(45)20(10-41)60-30/h1-8,19-32,40-51,53-56H,9-14H2,(H2,38,39,52)/t19-,20-,21-,22-,23-,24-,25+,26+,27-,28-,29-,30-,31-,32-,34-,35-,36-,37-/m1/s1. The predicted octanol–water partition coefficient (Wildman–Crippen LogP) is -6.46. The largest absolute Gasteiger partial charge is 0.394 e. The molecule has 4 aliphatic heterocycles. The highest BCUT2D eigenvalue weighted by Crippen LogP contribution is 2.49. The number of aliphatic hydroxyl groups excluding tert-OH is 12. The van der Waals surface area contributed by atoms with Crippen molar-refractivity contribution in [1.29, 1.82) is 0 Å². The smallest absolute Gasteiger partial charge is 0.323 e. The summed E-state index contributed by atoms with van der Waals surface area (Å²) in [5.74, 6) is 0. The van der Waals surface area contributed by atoms with Crippen LogP contribution in [0.3, 0.4) is 0 Å². The lowest BCUT2D eigenvalue weighted by Crippen LogP contribution is -2.76. The second-order valence-corrected chi connectivity index (χ2v) is 18.2. The van der Waals surface area contributed by atoms with E-state index < -0.39 is 152 Å². The number of urea groups is 1. The van der Waals surface area contributed by atoms with Crippen LogP contribution in [0, 0.1) is 0 Å². The van der Waals surface area contributed by atoms with Gasteiger partial charge in [0.05, 0.1) is 39.6 Å². The quantitative estimate of drug-likeness (QED) is 0.0880. The maximum atomic E-state index is 12.9. The Bertz CT molecular complexity index is 1700. The van der Waals surface area contributed by atoms with Crippen LogP contribution in [0.4, 0.5) is 16.2 Å². The number of anilines is 2. The minimum absolute atomic E-state index is 0.232. The number of amides is 2. The Kier molecular flexibility index (Phi) is 15.2. The van der Waals surface area contributed by atoms with Gasteiger partial charge >= 0.3 is 6.03 Å². The number of thioether (sulfide) groups is 2. The van der Waals surface area contributed by atoms with Crippen LogP contribution in [0.1, 0.15) is 0 Å². The monoisotopic (exact) mass is 924 g/mol. The first-order valence-corrected chi connectivity index (χ1v) is 20.8. The van der Waals surface area contributed by atoms with Crippen molar-refractivity contribution in [3.05, 3.63) is 48.5 Å². The van der Waals surface area contributed by atoms with E-state index in [0.29, 0.717) is 23.5 Å². The Morgan fingerprint density at radius 3 is 1.18 bits per heavy atom. The molecule has 18 N–H and O–H groups in total. The van der Waals surface area contributed by atoms with E-state index in [1.165, 1.54) is 48.5 Å². The zero-order valence-corrected chi connectivity index (χ0v) is 34.1. The van der Waals surface area contributed by atoms with Gasteiger partial charge in [0.2, 0.25) is 0 Å². The number of carbonyl (C=O) groups is 1. The van der Waals surface area contributed by atoms with Crippen LogP contribution in [-0.2, 0) is 18.9 Å². The molecule has 0 aliphatic carbocycles. The average Bonchev–Trinajstić information content (AvgIpc) is 3.25. The van der Waals surface area contributed by atoms with Crippen molar-refractivity contribution in [3.63, 3.8) is 0 Å². The Labute approximate surface area is 360 Å². The van der Waals surface area contributed by atoms with Gasteiger partial charge in [0.15, 0.2) is 9.87 Å². The fraction of sp³-hybridized carbons (Fsp3) is 0.649. The highest BCUT2D eigenvalue weighted by Gasteiger charge is 2.67. The summed E-state index contributed by atoms with van der Waals surface area (Å²) in [4.78, 5) is 8.36. The van der Waals surface area contributed by atoms with Crippen molar-refractivity contribution >= 4 is 40.9 Å². The third kappa shape index (κ3) is 8.95. The summed E-state index contributed by atoms with van der Waals surface area (Å²) in [5.41, 5.74) is -4.79. The second kappa shape index (κ2) is 19.2. The molecular weight excluding hydrogens is 873 g/mol. The normalized spacial score (nSPS) is 43.8. The summed E-state index contributed by atoms with van der Waals surface area (Å²) in [6, 6.07) is 10.6. The van der Waals surface area contributed by atoms with E-state index in [9.17, 15) is 86.5 Å². The Morgan fingerprint density at radius 2 is 0.871 bits per heavy atom. The number of hydrogen-bond donors (Lipinski definition) is 18. The Hall–Kier alpha value is -2.39. The van der Waals surface area contributed by atoms with E-state index in [-0.39, 0.29) is 21.2 Å². The van der Waals surface area contributed by atoms with Gasteiger partial charge in [0, 0.05) is 21.2 Å². The minimum Gasteiger partial charge on any atom is -0.394 e. The van der Waals surface area contributed by atoms with Gasteiger partial charge in [-0.3, -0.25) is 0 Å². The van der Waals surface area contributed by atoms with Gasteiger partial charge in [0.25, 0.3) is 0 Å². The Morgan fingerprint density at radius 1 is 0.532 bits per heavy atom. The highest BCUT2D eigenvalue weighted by atomic mass is 32.2. The molecule has 4 saturated heterocycles. The number of carbonyl (C=O) groups excluding carboxylic acids is 1. The topological polar surface area (TPSA) is 402 Å². The van der Waals surface area contributed by atoms with Crippen LogP contribution in [0.25, 0.3) is 0 Å². The molecular formula is C37H52N2O21S2. The van der Waals surface area contributed by atoms with Crippen molar-refractivity contribution in [2.75, 3.05) is 50.3 Å². The van der Waals surface area contributed by atoms with Crippen molar-refractivity contribution in [2.24, 2.45) is 0 Å². The maximum absolute atomic E-state index is 12.9. The predicted molar refractivity (Wildman–Crippen MR) is 210 cm³/mol. The molecule has 0 radical (unpaired) electrons. The SMILES string of the molecule is O=C(Nc1ccc(S[C@@]2(O)[C@H](O)[C@](O)([C@@H]3O[C@H](CO)[C@@H](O)[C@H](O)[C@H]3O)CO[C@@H]2CO)cc1)Nc1ccc(S[C@@]2(O)[C@H](O)[C@](O)([C@@H]3O[C@H](CO)[C@@H](O)[C@H](O)[C@H]3O)CO[C@@H]2CO)cc1. The molecule has 0 bridgehead atoms. The van der Waals surface area contributed by atoms with E-state index in [2.05, 4.69) is 10.6 Å². The van der Waals surface area contributed by atoms with E-state index in [4.69, 9.17) is 18.9 Å². The molecule has 2 aromatic carbocycles. The molecule has 0 aromatic heterocycles. The summed E-state index contributed by atoms with van der Waals surface area (Å²) in [6.45, 7) is -4.92. The molecule has 4 aliphatic rings. The third-order valence-corrected chi connectivity index (χ3v) is 14.2. The molecule has 2 amide bonds. The fourth-order valence-electron chi connectivity index (χ4n) is 7.93. The first-order valence-electron chi connectivity index (χ1n) is 19.2. The number of benzene rings is 2. The summed E-state index contributed by atoms with van der Waals surface area (Å²) in [6.07, 6.45) is -25.5. The molecule has 25 heteroatoms. The molecule has 0 spiro atoms. The number of nitrogens with one attached hydrogen (secondary N) is 2. The number of rotatable bonds is 12. The number of hydrogen-bond acceptors (Lipinski definition) is 23. The molecule has 2 aromatic rings. The van der Waals surface area contributed by atoms with Crippen molar-refractivity contribution < 1.29 is 105 Å². The lowest BCUT2D eigenvalue weighted by molar-refractivity contribution is -0.328. The molecule has 348 valence electrons. The molecule has 4 fully saturated rings. The Balaban J connectivity index is 1.09. The van der Waals surface area contributed by atoms with Gasteiger partial charge in [-0.1, -0.05) is 23.5 Å². The summed E-state index contributed by atoms with van der Waals surface area (Å²) in [7, 11) is 0. The fourth-order valence-corrected chi connectivity index (χ4v) is 10.4. The van der Waals surface area contributed by atoms with Gasteiger partial charge in [-0.2, -0.15) is 0 Å². The zero-order valence-electron chi connectivity index (χ0n) is 32.5. The van der Waals surface area contributed by atoms with Gasteiger partial charge < -0.3 is 111 Å². The van der Waals surface area contributed by atoms with Crippen LogP contribution in [0.2, 0.25) is 0 Å². The average molecular weight is 925 g/mol. The molecule has 18 atom stereocenters. The summed E-state index contributed by atoms with van der Waals surface area (Å²) < 4.78 is 21.9. The van der Waals surface area contributed by atoms with Crippen LogP contribution in [-0.4, -0.2) is 234 Å². The van der Waals surface area contributed by atoms with Gasteiger partial charge in [0.1, 0.15) is 96.7 Å². The van der Waals surface area contributed by atoms with Crippen molar-refractivity contribution in [1.82, 2.24) is 0 Å². The van der Waals surface area contributed by atoms with E-state index in [1.807, 2.05) is 0 Å². The first-order chi connectivity index (χ1) is 29.2. The maximum Gasteiger partial charge on any atom is 0.323 e. The second-order valence-electron chi connectivity index (χ2n) is 15.6. The van der Waals surface area contributed by atoms with Crippen molar-refractivity contribution in [2.45, 2.75) is 116 Å². The van der Waals surface area contributed by atoms with E-state index in [1.54, 1.807) is 0 Å². The van der Waals surface area contributed by atoms with Crippen LogP contribution in [0.5, 0.6) is 0 Å². The molecule has 62 heavy (non-hydrogen) atoms. The van der Waals surface area contributed by atoms with Crippen LogP contribution >= 0.6 is 23.5 Å². The van der Waals surface area contributed by atoms with E-state index >= 15 is 0 Å². The number of aliphatic hydroxyl groups is 16. The molecule has 0 saturated carbocycles. The van der Waals surface area contributed by atoms with E-state index in [0.717, 1.165) is 0 Å². The van der Waals surface area contributed by atoms with Gasteiger partial charge in [-0.25, -0.2) is 4.79 Å². The van der Waals surface area contributed by atoms with Gasteiger partial charge in [-0.05, 0) is 48.5 Å². The van der Waals surface area contributed by atoms with Gasteiger partial charge in [-0.15, -0.1) is 0 Å². The summed E-state index contributed by atoms with van der Waals surface area (Å²) in [5, 5.41) is 176. The zero-order chi connectivity index (χ0) is 45.5. The van der Waals surface area contributed by atoms with Crippen LogP contribution in [0.15, 0.2) is 58.3 Å².